The first-order chi connectivity index (χ1) is 5.70. The number of hydrogen-bond donors (Lipinski definition) is 1. The first kappa shape index (κ1) is 11.4. The Morgan fingerprint density at radius 2 is 2.08 bits per heavy atom. The summed E-state index contributed by atoms with van der Waals surface area (Å²) in [4.78, 5) is 2.14. The molecule has 0 aliphatic rings. The summed E-state index contributed by atoms with van der Waals surface area (Å²) in [5.74, 6) is 0. The van der Waals surface area contributed by atoms with E-state index in [0.29, 0.717) is 0 Å². The summed E-state index contributed by atoms with van der Waals surface area (Å²) in [6.07, 6.45) is 4.01. The fourth-order valence-electron chi connectivity index (χ4n) is 0.893. The molecule has 0 aliphatic heterocycles. The topological polar surface area (TPSA) is 23.5 Å². The Bertz CT molecular complexity index is 148. The molecular weight excluding hydrogens is 150 g/mol. The van der Waals surface area contributed by atoms with E-state index in [0.717, 1.165) is 19.6 Å². The summed E-state index contributed by atoms with van der Waals surface area (Å²) in [7, 11) is 0. The van der Waals surface area contributed by atoms with E-state index in [-0.39, 0.29) is 6.61 Å². The molecule has 0 saturated carbocycles. The predicted molar refractivity (Wildman–Crippen MR) is 53.2 cm³/mol. The maximum Gasteiger partial charge on any atom is 0.0558 e. The minimum absolute atomic E-state index is 0.213. The molecule has 70 valence electrons. The van der Waals surface area contributed by atoms with E-state index in [1.165, 1.54) is 5.57 Å². The zero-order valence-corrected chi connectivity index (χ0v) is 8.08. The van der Waals surface area contributed by atoms with Crippen molar-refractivity contribution in [2.24, 2.45) is 0 Å². The molecule has 0 saturated heterocycles. The number of allylic oxidation sites excluding steroid dienone is 1. The third-order valence-corrected chi connectivity index (χ3v) is 1.56. The van der Waals surface area contributed by atoms with Crippen molar-refractivity contribution in [2.75, 3.05) is 26.2 Å². The molecule has 12 heavy (non-hydrogen) atoms. The van der Waals surface area contributed by atoms with Crippen molar-refractivity contribution >= 4 is 0 Å². The maximum absolute atomic E-state index is 8.73. The van der Waals surface area contributed by atoms with Gasteiger partial charge in [0.15, 0.2) is 0 Å². The zero-order valence-electron chi connectivity index (χ0n) is 8.08. The highest BCUT2D eigenvalue weighted by Gasteiger charge is 1.97. The van der Waals surface area contributed by atoms with Crippen LogP contribution in [-0.2, 0) is 0 Å². The number of hydrogen-bond acceptors (Lipinski definition) is 2. The third kappa shape index (κ3) is 6.13. The Kier molecular flexibility index (Phi) is 6.72. The molecule has 2 heteroatoms. The van der Waals surface area contributed by atoms with E-state index in [1.807, 2.05) is 6.08 Å². The van der Waals surface area contributed by atoms with Crippen molar-refractivity contribution in [3.8, 4) is 0 Å². The Morgan fingerprint density at radius 1 is 1.42 bits per heavy atom. The highest BCUT2D eigenvalue weighted by atomic mass is 16.3. The quantitative estimate of drug-likeness (QED) is 0.608. The van der Waals surface area contributed by atoms with Gasteiger partial charge in [0.25, 0.3) is 0 Å². The number of aliphatic hydroxyl groups is 1. The number of rotatable bonds is 6. The van der Waals surface area contributed by atoms with Gasteiger partial charge in [-0.1, -0.05) is 17.7 Å². The molecule has 0 aromatic heterocycles. The van der Waals surface area contributed by atoms with Gasteiger partial charge in [0.2, 0.25) is 0 Å². The van der Waals surface area contributed by atoms with Gasteiger partial charge in [0.1, 0.15) is 0 Å². The molecule has 0 amide bonds. The Balaban J connectivity index is 3.77. The molecule has 1 N–H and O–H groups in total. The molecule has 0 atom stereocenters. The van der Waals surface area contributed by atoms with Gasteiger partial charge in [0.05, 0.1) is 6.61 Å². The molecule has 0 radical (unpaired) electrons. The van der Waals surface area contributed by atoms with Gasteiger partial charge in [-0.2, -0.15) is 0 Å². The minimum Gasteiger partial charge on any atom is -0.395 e. The lowest BCUT2D eigenvalue weighted by atomic mass is 10.3. The summed E-state index contributed by atoms with van der Waals surface area (Å²) in [6, 6.07) is 0. The summed E-state index contributed by atoms with van der Waals surface area (Å²) in [5.41, 5.74) is 1.31. The molecule has 2 nitrogen and oxygen atoms in total. The zero-order chi connectivity index (χ0) is 9.40. The average Bonchev–Trinajstić information content (AvgIpc) is 2.01. The van der Waals surface area contributed by atoms with Crippen LogP contribution in [0.3, 0.4) is 0 Å². The first-order valence-corrected chi connectivity index (χ1v) is 4.28. The first-order valence-electron chi connectivity index (χ1n) is 4.28. The molecule has 0 spiro atoms. The molecule has 0 rings (SSSR count). The molecule has 0 bridgehead atoms. The number of aliphatic hydroxyl groups excluding tert-OH is 1. The molecule has 0 aromatic rings. The lowest BCUT2D eigenvalue weighted by molar-refractivity contribution is 0.220. The smallest absolute Gasteiger partial charge is 0.0558 e. The summed E-state index contributed by atoms with van der Waals surface area (Å²) < 4.78 is 0. The van der Waals surface area contributed by atoms with Gasteiger partial charge in [-0.05, 0) is 13.8 Å². The van der Waals surface area contributed by atoms with E-state index in [4.69, 9.17) is 5.11 Å². The van der Waals surface area contributed by atoms with Crippen LogP contribution in [0.2, 0.25) is 0 Å². The third-order valence-electron chi connectivity index (χ3n) is 1.56. The van der Waals surface area contributed by atoms with Gasteiger partial charge < -0.3 is 5.11 Å². The Labute approximate surface area is 75.2 Å². The normalized spacial score (nSPS) is 10.0. The standard InChI is InChI=1S/C10H19NO/c1-4-6-11(8-9-12)7-5-10(2)3/h4-5,12H,1,6-9H2,2-3H3. The van der Waals surface area contributed by atoms with E-state index in [2.05, 4.69) is 31.4 Å². The molecule has 0 aliphatic carbocycles. The van der Waals surface area contributed by atoms with Crippen LogP contribution in [0.5, 0.6) is 0 Å². The van der Waals surface area contributed by atoms with E-state index >= 15 is 0 Å². The van der Waals surface area contributed by atoms with E-state index < -0.39 is 0 Å². The second kappa shape index (κ2) is 7.07. The van der Waals surface area contributed by atoms with Crippen molar-refractivity contribution in [2.45, 2.75) is 13.8 Å². The Hall–Kier alpha value is -0.600. The van der Waals surface area contributed by atoms with Gasteiger partial charge >= 0.3 is 0 Å². The Morgan fingerprint density at radius 3 is 2.50 bits per heavy atom. The minimum atomic E-state index is 0.213. The van der Waals surface area contributed by atoms with Gasteiger partial charge in [-0.15, -0.1) is 6.58 Å². The van der Waals surface area contributed by atoms with Crippen molar-refractivity contribution in [3.05, 3.63) is 24.3 Å². The van der Waals surface area contributed by atoms with Gasteiger partial charge in [-0.25, -0.2) is 0 Å². The van der Waals surface area contributed by atoms with Crippen LogP contribution in [0.4, 0.5) is 0 Å². The van der Waals surface area contributed by atoms with Crippen LogP contribution < -0.4 is 0 Å². The molecule has 0 heterocycles. The van der Waals surface area contributed by atoms with Crippen LogP contribution in [0, 0.1) is 0 Å². The average molecular weight is 169 g/mol. The highest BCUT2D eigenvalue weighted by molar-refractivity contribution is 4.95. The lowest BCUT2D eigenvalue weighted by Crippen LogP contribution is -2.27. The second-order valence-corrected chi connectivity index (χ2v) is 3.05. The lowest BCUT2D eigenvalue weighted by Gasteiger charge is -2.17. The van der Waals surface area contributed by atoms with Crippen LogP contribution in [0.15, 0.2) is 24.3 Å². The molecule has 0 aromatic carbocycles. The van der Waals surface area contributed by atoms with Crippen molar-refractivity contribution in [1.29, 1.82) is 0 Å². The van der Waals surface area contributed by atoms with Crippen molar-refractivity contribution in [1.82, 2.24) is 4.90 Å². The van der Waals surface area contributed by atoms with E-state index in [9.17, 15) is 0 Å². The van der Waals surface area contributed by atoms with Crippen molar-refractivity contribution < 1.29 is 5.11 Å². The highest BCUT2D eigenvalue weighted by Crippen LogP contribution is 1.93. The largest absolute Gasteiger partial charge is 0.395 e. The molecular formula is C10H19NO. The fraction of sp³-hybridized carbons (Fsp3) is 0.600. The van der Waals surface area contributed by atoms with Gasteiger partial charge in [-0.3, -0.25) is 4.90 Å². The monoisotopic (exact) mass is 169 g/mol. The van der Waals surface area contributed by atoms with E-state index in [1.54, 1.807) is 0 Å². The maximum atomic E-state index is 8.73. The van der Waals surface area contributed by atoms with Crippen LogP contribution in [-0.4, -0.2) is 36.2 Å². The SMILES string of the molecule is C=CCN(CC=C(C)C)CCO. The molecule has 0 fully saturated rings. The van der Waals surface area contributed by atoms with Crippen molar-refractivity contribution in [3.63, 3.8) is 0 Å². The van der Waals surface area contributed by atoms with Crippen LogP contribution in [0.25, 0.3) is 0 Å². The summed E-state index contributed by atoms with van der Waals surface area (Å²) in [6.45, 7) is 10.5. The summed E-state index contributed by atoms with van der Waals surface area (Å²) >= 11 is 0. The number of nitrogens with zero attached hydrogens (tertiary/aromatic N) is 1. The van der Waals surface area contributed by atoms with Gasteiger partial charge in [0, 0.05) is 19.6 Å². The molecule has 0 unspecified atom stereocenters. The van der Waals surface area contributed by atoms with Crippen LogP contribution in [0.1, 0.15) is 13.8 Å². The summed E-state index contributed by atoms with van der Waals surface area (Å²) in [5, 5.41) is 8.73. The van der Waals surface area contributed by atoms with Crippen LogP contribution >= 0.6 is 0 Å². The predicted octanol–water partition coefficient (Wildman–Crippen LogP) is 1.43. The second-order valence-electron chi connectivity index (χ2n) is 3.05. The fourth-order valence-corrected chi connectivity index (χ4v) is 0.893.